The molecule has 2 N–H and O–H groups in total. The van der Waals surface area contributed by atoms with Gasteiger partial charge in [-0.15, -0.1) is 0 Å². The van der Waals surface area contributed by atoms with Gasteiger partial charge < -0.3 is 14.6 Å². The van der Waals surface area contributed by atoms with Gasteiger partial charge in [-0.25, -0.2) is 18.2 Å². The molecule has 0 spiro atoms. The van der Waals surface area contributed by atoms with Gasteiger partial charge in [0.2, 0.25) is 5.75 Å². The van der Waals surface area contributed by atoms with E-state index in [1.807, 2.05) is 0 Å². The first-order valence-corrected chi connectivity index (χ1v) is 10.2. The molecule has 2 heterocycles. The van der Waals surface area contributed by atoms with Crippen LogP contribution in [0.5, 0.6) is 17.2 Å². The molecule has 0 radical (unpaired) electrons. The monoisotopic (exact) mass is 533 g/mol. The molecule has 0 saturated carbocycles. The minimum absolute atomic E-state index is 0.0183. The summed E-state index contributed by atoms with van der Waals surface area (Å²) in [7, 11) is 0. The molecule has 3 rings (SSSR count). The van der Waals surface area contributed by atoms with E-state index >= 15 is 0 Å². The number of hydrogen-bond acceptors (Lipinski definition) is 7. The summed E-state index contributed by atoms with van der Waals surface area (Å²) in [6.45, 7) is -0.895. The second kappa shape index (κ2) is 10.8. The van der Waals surface area contributed by atoms with Crippen molar-refractivity contribution in [2.45, 2.75) is 18.9 Å². The Labute approximate surface area is 203 Å². The van der Waals surface area contributed by atoms with Crippen LogP contribution in [0, 0.1) is 17.1 Å². The lowest BCUT2D eigenvalue weighted by Gasteiger charge is -2.19. The van der Waals surface area contributed by atoms with Crippen LogP contribution in [-0.4, -0.2) is 39.5 Å². The number of nitriles is 1. The third kappa shape index (κ3) is 5.47. The number of aromatic nitrogens is 3. The van der Waals surface area contributed by atoms with E-state index in [1.165, 1.54) is 18.2 Å². The van der Waals surface area contributed by atoms with E-state index in [0.29, 0.717) is 15.6 Å². The van der Waals surface area contributed by atoms with Gasteiger partial charge in [0, 0.05) is 21.9 Å². The predicted octanol–water partition coefficient (Wildman–Crippen LogP) is 3.00. The summed E-state index contributed by atoms with van der Waals surface area (Å²) in [6, 6.07) is 5.73. The molecule has 0 bridgehead atoms. The van der Waals surface area contributed by atoms with Crippen LogP contribution in [0.2, 0.25) is 5.02 Å². The number of nitrogens with zero attached hydrogens (tertiary/aromatic N) is 4. The van der Waals surface area contributed by atoms with E-state index < -0.39 is 53.0 Å². The number of aliphatic hydroxyl groups excluding tert-OH is 1. The highest BCUT2D eigenvalue weighted by atomic mass is 35.5. The van der Waals surface area contributed by atoms with Crippen molar-refractivity contribution in [3.05, 3.63) is 74.9 Å². The Bertz CT molecular complexity index is 1380. The summed E-state index contributed by atoms with van der Waals surface area (Å²) in [6.07, 6.45) is -2.70. The quantitative estimate of drug-likeness (QED) is 0.246. The predicted molar refractivity (Wildman–Crippen MR) is 110 cm³/mol. The van der Waals surface area contributed by atoms with Crippen LogP contribution in [0.25, 0.3) is 0 Å². The molecule has 15 heteroatoms. The fourth-order valence-electron chi connectivity index (χ4n) is 2.90. The molecule has 0 atom stereocenters. The highest BCUT2D eigenvalue weighted by molar-refractivity contribution is 6.30. The Morgan fingerprint density at radius 3 is 2.64 bits per heavy atom. The normalized spacial score (nSPS) is 11.4. The SMILES string of the molecule is N#Cc1cc(Cl)cc(Oc2c(C(F)(F)C(F)F)ncn(Cc3ccc(OCCO)c[n+]3O)c2=O)c1F. The van der Waals surface area contributed by atoms with Gasteiger partial charge in [-0.05, 0) is 12.1 Å². The van der Waals surface area contributed by atoms with Crippen molar-refractivity contribution in [2.24, 2.45) is 0 Å². The van der Waals surface area contributed by atoms with Gasteiger partial charge in [0.25, 0.3) is 17.5 Å². The van der Waals surface area contributed by atoms with Gasteiger partial charge in [-0.3, -0.25) is 14.6 Å². The van der Waals surface area contributed by atoms with E-state index in [9.17, 15) is 32.0 Å². The summed E-state index contributed by atoms with van der Waals surface area (Å²) in [5.74, 6) is -8.61. The molecule has 0 fully saturated rings. The fourth-order valence-corrected chi connectivity index (χ4v) is 3.10. The third-order valence-corrected chi connectivity index (χ3v) is 4.82. The largest absolute Gasteiger partial charge is 0.485 e. The number of aliphatic hydroxyl groups is 1. The highest BCUT2D eigenvalue weighted by Gasteiger charge is 2.48. The fraction of sp³-hybridized carbons (Fsp3) is 0.238. The van der Waals surface area contributed by atoms with Crippen LogP contribution in [0.15, 0.2) is 41.6 Å². The van der Waals surface area contributed by atoms with Crippen LogP contribution in [-0.2, 0) is 12.5 Å². The standard InChI is InChI=1S/C21H15ClF5N4O5/c22-12-5-11(7-28)16(23)15(6-12)36-17-18(21(26,27)20(24)25)29-10-30(19(17)33)8-13-1-2-14(9-31(13)34)35-4-3-32/h1-2,5-6,9-10,20,32,34H,3-4,8H2/q+1. The Balaban J connectivity index is 2.11. The summed E-state index contributed by atoms with van der Waals surface area (Å²) < 4.78 is 80.4. The van der Waals surface area contributed by atoms with Crippen molar-refractivity contribution < 1.29 is 46.5 Å². The Hall–Kier alpha value is -3.96. The van der Waals surface area contributed by atoms with Crippen molar-refractivity contribution in [3.63, 3.8) is 0 Å². The summed E-state index contributed by atoms with van der Waals surface area (Å²) >= 11 is 5.77. The summed E-state index contributed by atoms with van der Waals surface area (Å²) in [4.78, 5) is 16.2. The van der Waals surface area contributed by atoms with Crippen LogP contribution >= 0.6 is 11.6 Å². The van der Waals surface area contributed by atoms with Gasteiger partial charge >= 0.3 is 12.3 Å². The van der Waals surface area contributed by atoms with Crippen molar-refractivity contribution in [1.82, 2.24) is 9.55 Å². The summed E-state index contributed by atoms with van der Waals surface area (Å²) in [5, 5.41) is 27.6. The number of ether oxygens (including phenoxy) is 2. The van der Waals surface area contributed by atoms with Gasteiger partial charge in [0.05, 0.1) is 18.5 Å². The highest BCUT2D eigenvalue weighted by Crippen LogP contribution is 2.39. The molecular weight excluding hydrogens is 519 g/mol. The smallest absolute Gasteiger partial charge is 0.352 e. The zero-order chi connectivity index (χ0) is 26.6. The molecule has 2 aromatic heterocycles. The number of hydrogen-bond donors (Lipinski definition) is 2. The van der Waals surface area contributed by atoms with Crippen molar-refractivity contribution >= 4 is 11.6 Å². The minimum atomic E-state index is -4.97. The Morgan fingerprint density at radius 1 is 1.31 bits per heavy atom. The Morgan fingerprint density at radius 2 is 2.03 bits per heavy atom. The zero-order valence-corrected chi connectivity index (χ0v) is 18.6. The summed E-state index contributed by atoms with van der Waals surface area (Å²) in [5.41, 5.74) is -3.89. The maximum atomic E-state index is 14.5. The van der Waals surface area contributed by atoms with Gasteiger partial charge in [-0.2, -0.15) is 14.0 Å². The number of pyridine rings is 1. The maximum Gasteiger partial charge on any atom is 0.352 e. The number of rotatable bonds is 9. The second-order valence-corrected chi connectivity index (χ2v) is 7.47. The van der Waals surface area contributed by atoms with Crippen LogP contribution < -0.4 is 19.8 Å². The molecule has 0 aliphatic rings. The third-order valence-electron chi connectivity index (χ3n) is 4.60. The van der Waals surface area contributed by atoms with E-state index in [2.05, 4.69) is 4.98 Å². The lowest BCUT2D eigenvalue weighted by atomic mass is 10.2. The number of benzene rings is 1. The second-order valence-electron chi connectivity index (χ2n) is 7.03. The average molecular weight is 534 g/mol. The van der Waals surface area contributed by atoms with Crippen molar-refractivity contribution in [3.8, 4) is 23.3 Å². The van der Waals surface area contributed by atoms with E-state index in [4.69, 9.17) is 31.4 Å². The first-order valence-electron chi connectivity index (χ1n) is 9.80. The van der Waals surface area contributed by atoms with Gasteiger partial charge in [0.1, 0.15) is 19.2 Å². The number of halogens is 6. The van der Waals surface area contributed by atoms with Crippen molar-refractivity contribution in [1.29, 1.82) is 5.26 Å². The lowest BCUT2D eigenvalue weighted by Crippen LogP contribution is -2.38. The molecular formula is C21H15ClF5N4O5+. The molecule has 190 valence electrons. The first kappa shape index (κ1) is 26.6. The van der Waals surface area contributed by atoms with Crippen LogP contribution in [0.3, 0.4) is 0 Å². The van der Waals surface area contributed by atoms with Crippen LogP contribution in [0.1, 0.15) is 17.0 Å². The van der Waals surface area contributed by atoms with Gasteiger partial charge in [0.15, 0.2) is 23.0 Å². The minimum Gasteiger partial charge on any atom is -0.485 e. The molecule has 36 heavy (non-hydrogen) atoms. The molecule has 3 aromatic rings. The van der Waals surface area contributed by atoms with Crippen LogP contribution in [0.4, 0.5) is 22.0 Å². The first-order chi connectivity index (χ1) is 17.0. The van der Waals surface area contributed by atoms with E-state index in [0.717, 1.165) is 18.3 Å². The molecule has 0 amide bonds. The lowest BCUT2D eigenvalue weighted by molar-refractivity contribution is -0.909. The topological polar surface area (TPSA) is 121 Å². The maximum absolute atomic E-state index is 14.5. The molecule has 0 aliphatic carbocycles. The van der Waals surface area contributed by atoms with E-state index in [1.54, 1.807) is 0 Å². The van der Waals surface area contributed by atoms with E-state index in [-0.39, 0.29) is 29.7 Å². The Kier molecular flexibility index (Phi) is 7.96. The molecule has 0 saturated heterocycles. The molecule has 0 unspecified atom stereocenters. The average Bonchev–Trinajstić information content (AvgIpc) is 2.83. The molecule has 9 nitrogen and oxygen atoms in total. The van der Waals surface area contributed by atoms with Gasteiger partial charge in [-0.1, -0.05) is 11.6 Å². The zero-order valence-electron chi connectivity index (χ0n) is 17.8. The number of alkyl halides is 4. The molecule has 1 aromatic carbocycles. The van der Waals surface area contributed by atoms with Crippen molar-refractivity contribution in [2.75, 3.05) is 13.2 Å². The molecule has 0 aliphatic heterocycles.